The SMILES string of the molecule is CCCC(C#N)N1CCN(C(=O)CC(C)CC)CC1. The molecule has 2 unspecified atom stereocenters. The van der Waals surface area contributed by atoms with Gasteiger partial charge in [0.15, 0.2) is 0 Å². The zero-order chi connectivity index (χ0) is 14.3. The first-order chi connectivity index (χ1) is 9.12. The van der Waals surface area contributed by atoms with Crippen LogP contribution in [0.15, 0.2) is 0 Å². The zero-order valence-corrected chi connectivity index (χ0v) is 12.6. The standard InChI is InChI=1S/C15H27N3O/c1-4-6-14(12-16)17-7-9-18(10-8-17)15(19)11-13(3)5-2/h13-14H,4-11H2,1-3H3. The topological polar surface area (TPSA) is 47.3 Å². The Bertz CT molecular complexity index is 316. The number of amides is 1. The van der Waals surface area contributed by atoms with Crippen LogP contribution in [-0.2, 0) is 4.79 Å². The number of nitriles is 1. The molecule has 108 valence electrons. The zero-order valence-electron chi connectivity index (χ0n) is 12.6. The Hall–Kier alpha value is -1.08. The van der Waals surface area contributed by atoms with Crippen molar-refractivity contribution < 1.29 is 4.79 Å². The summed E-state index contributed by atoms with van der Waals surface area (Å²) < 4.78 is 0. The number of rotatable bonds is 6. The molecule has 0 spiro atoms. The molecule has 2 atom stereocenters. The number of carbonyl (C=O) groups excluding carboxylic acids is 1. The van der Waals surface area contributed by atoms with Gasteiger partial charge in [-0.3, -0.25) is 9.69 Å². The molecule has 4 nitrogen and oxygen atoms in total. The van der Waals surface area contributed by atoms with Crippen molar-refractivity contribution in [2.75, 3.05) is 26.2 Å². The van der Waals surface area contributed by atoms with E-state index in [4.69, 9.17) is 5.26 Å². The Morgan fingerprint density at radius 1 is 1.26 bits per heavy atom. The van der Waals surface area contributed by atoms with Crippen LogP contribution in [-0.4, -0.2) is 47.9 Å². The highest BCUT2D eigenvalue weighted by atomic mass is 16.2. The molecule has 0 aromatic rings. The maximum atomic E-state index is 12.1. The molecular weight excluding hydrogens is 238 g/mol. The fraction of sp³-hybridized carbons (Fsp3) is 0.867. The van der Waals surface area contributed by atoms with Gasteiger partial charge in [-0.05, 0) is 12.3 Å². The highest BCUT2D eigenvalue weighted by Gasteiger charge is 2.25. The minimum absolute atomic E-state index is 0.0248. The lowest BCUT2D eigenvalue weighted by atomic mass is 10.0. The van der Waals surface area contributed by atoms with E-state index in [1.54, 1.807) is 0 Å². The Balaban J connectivity index is 2.40. The van der Waals surface area contributed by atoms with Gasteiger partial charge in [-0.1, -0.05) is 33.6 Å². The number of hydrogen-bond donors (Lipinski definition) is 0. The number of piperazine rings is 1. The third-order valence-corrected chi connectivity index (χ3v) is 4.04. The van der Waals surface area contributed by atoms with Crippen molar-refractivity contribution in [2.45, 2.75) is 52.5 Å². The number of carbonyl (C=O) groups is 1. The molecule has 0 aromatic carbocycles. The van der Waals surface area contributed by atoms with Gasteiger partial charge in [0.1, 0.15) is 0 Å². The molecule has 1 fully saturated rings. The van der Waals surface area contributed by atoms with E-state index in [1.807, 2.05) is 4.90 Å². The van der Waals surface area contributed by atoms with E-state index in [9.17, 15) is 4.79 Å². The molecule has 19 heavy (non-hydrogen) atoms. The summed E-state index contributed by atoms with van der Waals surface area (Å²) >= 11 is 0. The molecule has 0 N–H and O–H groups in total. The van der Waals surface area contributed by atoms with Crippen molar-refractivity contribution in [2.24, 2.45) is 5.92 Å². The van der Waals surface area contributed by atoms with Crippen molar-refractivity contribution in [3.05, 3.63) is 0 Å². The van der Waals surface area contributed by atoms with E-state index in [0.29, 0.717) is 12.3 Å². The molecule has 0 aliphatic carbocycles. The Morgan fingerprint density at radius 3 is 2.37 bits per heavy atom. The van der Waals surface area contributed by atoms with Gasteiger partial charge < -0.3 is 4.90 Å². The molecule has 1 rings (SSSR count). The lowest BCUT2D eigenvalue weighted by Gasteiger charge is -2.37. The maximum absolute atomic E-state index is 12.1. The van der Waals surface area contributed by atoms with Gasteiger partial charge in [-0.15, -0.1) is 0 Å². The second-order valence-electron chi connectivity index (χ2n) is 5.57. The fourth-order valence-electron chi connectivity index (χ4n) is 2.46. The van der Waals surface area contributed by atoms with E-state index in [0.717, 1.165) is 45.4 Å². The predicted molar refractivity (Wildman–Crippen MR) is 76.5 cm³/mol. The summed E-state index contributed by atoms with van der Waals surface area (Å²) in [5, 5.41) is 9.16. The van der Waals surface area contributed by atoms with Crippen LogP contribution in [0.5, 0.6) is 0 Å². The van der Waals surface area contributed by atoms with E-state index in [1.165, 1.54) is 0 Å². The van der Waals surface area contributed by atoms with Crippen molar-refractivity contribution in [3.63, 3.8) is 0 Å². The van der Waals surface area contributed by atoms with Crippen LogP contribution >= 0.6 is 0 Å². The second kappa shape index (κ2) is 8.16. The van der Waals surface area contributed by atoms with Crippen molar-refractivity contribution in [1.82, 2.24) is 9.80 Å². The largest absolute Gasteiger partial charge is 0.340 e. The lowest BCUT2D eigenvalue weighted by molar-refractivity contribution is -0.134. The third-order valence-electron chi connectivity index (χ3n) is 4.04. The van der Waals surface area contributed by atoms with E-state index in [2.05, 4.69) is 31.7 Å². The maximum Gasteiger partial charge on any atom is 0.222 e. The van der Waals surface area contributed by atoms with Gasteiger partial charge in [0.2, 0.25) is 5.91 Å². The van der Waals surface area contributed by atoms with Crippen LogP contribution in [0.1, 0.15) is 46.5 Å². The van der Waals surface area contributed by atoms with Gasteiger partial charge in [0.05, 0.1) is 12.1 Å². The molecular formula is C15H27N3O. The molecule has 1 heterocycles. The smallest absolute Gasteiger partial charge is 0.222 e. The molecule has 1 amide bonds. The first-order valence-corrected chi connectivity index (χ1v) is 7.53. The minimum atomic E-state index is 0.0248. The molecule has 1 saturated heterocycles. The third kappa shape index (κ3) is 4.83. The van der Waals surface area contributed by atoms with Crippen LogP contribution in [0, 0.1) is 17.2 Å². The number of nitrogens with zero attached hydrogens (tertiary/aromatic N) is 3. The first kappa shape index (κ1) is 16.0. The summed E-state index contributed by atoms with van der Waals surface area (Å²) in [5.74, 6) is 0.746. The Kier molecular flexibility index (Phi) is 6.86. The summed E-state index contributed by atoms with van der Waals surface area (Å²) in [7, 11) is 0. The summed E-state index contributed by atoms with van der Waals surface area (Å²) in [6.45, 7) is 9.58. The van der Waals surface area contributed by atoms with E-state index < -0.39 is 0 Å². The van der Waals surface area contributed by atoms with Crippen molar-refractivity contribution in [3.8, 4) is 6.07 Å². The molecule has 1 aliphatic rings. The molecule has 0 saturated carbocycles. The highest BCUT2D eigenvalue weighted by Crippen LogP contribution is 2.14. The molecule has 0 bridgehead atoms. The highest BCUT2D eigenvalue weighted by molar-refractivity contribution is 5.76. The van der Waals surface area contributed by atoms with Gasteiger partial charge in [0, 0.05) is 32.6 Å². The van der Waals surface area contributed by atoms with Crippen molar-refractivity contribution in [1.29, 1.82) is 5.26 Å². The van der Waals surface area contributed by atoms with E-state index >= 15 is 0 Å². The van der Waals surface area contributed by atoms with Crippen molar-refractivity contribution >= 4 is 5.91 Å². The quantitative estimate of drug-likeness (QED) is 0.740. The van der Waals surface area contributed by atoms with Crippen LogP contribution in [0.4, 0.5) is 0 Å². The lowest BCUT2D eigenvalue weighted by Crippen LogP contribution is -2.51. The predicted octanol–water partition coefficient (Wildman–Crippen LogP) is 2.26. The monoisotopic (exact) mass is 265 g/mol. The molecule has 4 heteroatoms. The van der Waals surface area contributed by atoms with Gasteiger partial charge >= 0.3 is 0 Å². The van der Waals surface area contributed by atoms with Crippen LogP contribution < -0.4 is 0 Å². The summed E-state index contributed by atoms with van der Waals surface area (Å²) in [6, 6.07) is 2.41. The fourth-order valence-corrected chi connectivity index (χ4v) is 2.46. The van der Waals surface area contributed by atoms with Crippen LogP contribution in [0.3, 0.4) is 0 Å². The summed E-state index contributed by atoms with van der Waals surface area (Å²) in [5.41, 5.74) is 0. The normalized spacial score (nSPS) is 19.8. The molecule has 0 radical (unpaired) electrons. The van der Waals surface area contributed by atoms with Gasteiger partial charge in [0.25, 0.3) is 0 Å². The van der Waals surface area contributed by atoms with Gasteiger partial charge in [-0.2, -0.15) is 5.26 Å². The minimum Gasteiger partial charge on any atom is -0.340 e. The van der Waals surface area contributed by atoms with Crippen LogP contribution in [0.2, 0.25) is 0 Å². The average molecular weight is 265 g/mol. The first-order valence-electron chi connectivity index (χ1n) is 7.53. The van der Waals surface area contributed by atoms with Gasteiger partial charge in [-0.25, -0.2) is 0 Å². The van der Waals surface area contributed by atoms with Crippen LogP contribution in [0.25, 0.3) is 0 Å². The molecule has 1 aliphatic heterocycles. The Morgan fingerprint density at radius 2 is 1.89 bits per heavy atom. The Labute approximate surface area is 117 Å². The molecule has 0 aromatic heterocycles. The summed E-state index contributed by atoms with van der Waals surface area (Å²) in [4.78, 5) is 16.3. The summed E-state index contributed by atoms with van der Waals surface area (Å²) in [6.07, 6.45) is 3.68. The average Bonchev–Trinajstić information content (AvgIpc) is 2.44. The number of hydrogen-bond acceptors (Lipinski definition) is 3. The second-order valence-corrected chi connectivity index (χ2v) is 5.57. The van der Waals surface area contributed by atoms with E-state index in [-0.39, 0.29) is 11.9 Å².